The predicted molar refractivity (Wildman–Crippen MR) is 81.4 cm³/mol. The summed E-state index contributed by atoms with van der Waals surface area (Å²) in [4.78, 5) is 22.8. The molecule has 2 rings (SSSR count). The van der Waals surface area contributed by atoms with Gasteiger partial charge in [-0.3, -0.25) is 14.9 Å². The first-order valence-electron chi connectivity index (χ1n) is 6.31. The van der Waals surface area contributed by atoms with Gasteiger partial charge in [0.1, 0.15) is 5.69 Å². The van der Waals surface area contributed by atoms with E-state index in [-0.39, 0.29) is 11.4 Å². The van der Waals surface area contributed by atoms with Gasteiger partial charge in [0.25, 0.3) is 11.6 Å². The summed E-state index contributed by atoms with van der Waals surface area (Å²) in [7, 11) is 0. The molecule has 3 N–H and O–H groups in total. The van der Waals surface area contributed by atoms with Crippen LogP contribution in [0.1, 0.15) is 21.5 Å². The molecule has 0 heterocycles. The second kappa shape index (κ2) is 5.62. The lowest BCUT2D eigenvalue weighted by Gasteiger charge is -2.10. The number of hydrogen-bond donors (Lipinski definition) is 2. The molecule has 0 atom stereocenters. The van der Waals surface area contributed by atoms with Crippen LogP contribution in [0.15, 0.2) is 36.4 Å². The maximum absolute atomic E-state index is 12.3. The normalized spacial score (nSPS) is 10.2. The van der Waals surface area contributed by atoms with Gasteiger partial charge in [0.05, 0.1) is 4.92 Å². The quantitative estimate of drug-likeness (QED) is 0.514. The summed E-state index contributed by atoms with van der Waals surface area (Å²) in [5.74, 6) is -0.423. The first-order chi connectivity index (χ1) is 9.90. The molecule has 6 heteroatoms. The molecule has 0 fully saturated rings. The van der Waals surface area contributed by atoms with Crippen LogP contribution in [0.25, 0.3) is 0 Å². The number of amides is 1. The maximum atomic E-state index is 12.3. The van der Waals surface area contributed by atoms with E-state index in [4.69, 9.17) is 5.73 Å². The lowest BCUT2D eigenvalue weighted by Crippen LogP contribution is -2.15. The van der Waals surface area contributed by atoms with Crippen molar-refractivity contribution in [3.8, 4) is 0 Å². The molecular formula is C15H15N3O3. The predicted octanol–water partition coefficient (Wildman–Crippen LogP) is 3.05. The Balaban J connectivity index is 2.38. The Morgan fingerprint density at radius 1 is 1.24 bits per heavy atom. The van der Waals surface area contributed by atoms with E-state index < -0.39 is 10.8 Å². The van der Waals surface area contributed by atoms with Crippen LogP contribution in [-0.4, -0.2) is 10.8 Å². The van der Waals surface area contributed by atoms with Gasteiger partial charge < -0.3 is 11.1 Å². The highest BCUT2D eigenvalue weighted by molar-refractivity contribution is 6.07. The van der Waals surface area contributed by atoms with Crippen molar-refractivity contribution in [1.82, 2.24) is 0 Å². The van der Waals surface area contributed by atoms with Crippen LogP contribution in [0.3, 0.4) is 0 Å². The minimum atomic E-state index is -0.527. The van der Waals surface area contributed by atoms with Crippen molar-refractivity contribution in [3.63, 3.8) is 0 Å². The number of nitro benzene ring substituents is 1. The van der Waals surface area contributed by atoms with Crippen molar-refractivity contribution >= 4 is 23.0 Å². The van der Waals surface area contributed by atoms with Crippen LogP contribution in [-0.2, 0) is 0 Å². The zero-order valence-corrected chi connectivity index (χ0v) is 11.7. The Morgan fingerprint density at radius 3 is 2.62 bits per heavy atom. The van der Waals surface area contributed by atoms with Gasteiger partial charge in [-0.15, -0.1) is 0 Å². The molecule has 0 saturated heterocycles. The zero-order chi connectivity index (χ0) is 15.6. The fraction of sp³-hybridized carbons (Fsp3) is 0.133. The fourth-order valence-electron chi connectivity index (χ4n) is 2.00. The fourth-order valence-corrected chi connectivity index (χ4v) is 2.00. The second-order valence-electron chi connectivity index (χ2n) is 4.75. The molecule has 0 saturated carbocycles. The van der Waals surface area contributed by atoms with Gasteiger partial charge in [-0.1, -0.05) is 12.1 Å². The van der Waals surface area contributed by atoms with Gasteiger partial charge in [-0.25, -0.2) is 0 Å². The van der Waals surface area contributed by atoms with Crippen LogP contribution >= 0.6 is 0 Å². The zero-order valence-electron chi connectivity index (χ0n) is 11.7. The van der Waals surface area contributed by atoms with Crippen molar-refractivity contribution in [2.45, 2.75) is 13.8 Å². The Labute approximate surface area is 121 Å². The SMILES string of the molecule is Cc1ccc([N+](=O)[O-])c(NC(=O)c2cccc(N)c2C)c1. The summed E-state index contributed by atoms with van der Waals surface area (Å²) >= 11 is 0. The van der Waals surface area contributed by atoms with Crippen LogP contribution in [0.4, 0.5) is 17.1 Å². The lowest BCUT2D eigenvalue weighted by molar-refractivity contribution is -0.383. The molecule has 6 nitrogen and oxygen atoms in total. The Hall–Kier alpha value is -2.89. The number of nitrogens with zero attached hydrogens (tertiary/aromatic N) is 1. The van der Waals surface area contributed by atoms with Gasteiger partial charge >= 0.3 is 0 Å². The molecule has 21 heavy (non-hydrogen) atoms. The molecule has 0 aliphatic rings. The Morgan fingerprint density at radius 2 is 1.95 bits per heavy atom. The van der Waals surface area contributed by atoms with E-state index in [9.17, 15) is 14.9 Å². The van der Waals surface area contributed by atoms with Gasteiger partial charge in [-0.2, -0.15) is 0 Å². The summed E-state index contributed by atoms with van der Waals surface area (Å²) in [5, 5.41) is 13.6. The first kappa shape index (κ1) is 14.5. The summed E-state index contributed by atoms with van der Waals surface area (Å²) in [6.45, 7) is 3.53. The molecule has 0 unspecified atom stereocenters. The molecule has 2 aromatic rings. The molecule has 0 aliphatic carbocycles. The summed E-state index contributed by atoms with van der Waals surface area (Å²) in [6.07, 6.45) is 0. The summed E-state index contributed by atoms with van der Waals surface area (Å²) in [6, 6.07) is 9.56. The van der Waals surface area contributed by atoms with Crippen molar-refractivity contribution in [1.29, 1.82) is 0 Å². The lowest BCUT2D eigenvalue weighted by atomic mass is 10.1. The van der Waals surface area contributed by atoms with Gasteiger partial charge in [-0.05, 0) is 43.2 Å². The molecule has 2 aromatic carbocycles. The molecule has 0 aliphatic heterocycles. The van der Waals surface area contributed by atoms with E-state index >= 15 is 0 Å². The molecule has 108 valence electrons. The molecule has 0 bridgehead atoms. The molecule has 1 amide bonds. The molecule has 0 spiro atoms. The highest BCUT2D eigenvalue weighted by Gasteiger charge is 2.18. The number of nitro groups is 1. The van der Waals surface area contributed by atoms with Crippen molar-refractivity contribution in [3.05, 3.63) is 63.2 Å². The van der Waals surface area contributed by atoms with E-state index in [2.05, 4.69) is 5.32 Å². The van der Waals surface area contributed by atoms with Crippen molar-refractivity contribution in [2.24, 2.45) is 0 Å². The van der Waals surface area contributed by atoms with Gasteiger partial charge in [0.2, 0.25) is 0 Å². The van der Waals surface area contributed by atoms with Crippen molar-refractivity contribution < 1.29 is 9.72 Å². The van der Waals surface area contributed by atoms with Crippen LogP contribution < -0.4 is 11.1 Å². The third-order valence-electron chi connectivity index (χ3n) is 3.22. The first-order valence-corrected chi connectivity index (χ1v) is 6.31. The number of anilines is 2. The number of nitrogen functional groups attached to an aromatic ring is 1. The largest absolute Gasteiger partial charge is 0.398 e. The third-order valence-corrected chi connectivity index (χ3v) is 3.22. The van der Waals surface area contributed by atoms with Crippen molar-refractivity contribution in [2.75, 3.05) is 11.1 Å². The number of carbonyl (C=O) groups is 1. The van der Waals surface area contributed by atoms with E-state index in [0.717, 1.165) is 5.56 Å². The summed E-state index contributed by atoms with van der Waals surface area (Å²) < 4.78 is 0. The number of nitrogens with two attached hydrogens (primary N) is 1. The topological polar surface area (TPSA) is 98.3 Å². The van der Waals surface area contributed by atoms with E-state index in [1.165, 1.54) is 6.07 Å². The van der Waals surface area contributed by atoms with Crippen LogP contribution in [0.2, 0.25) is 0 Å². The average molecular weight is 285 g/mol. The van der Waals surface area contributed by atoms with E-state index in [1.807, 2.05) is 0 Å². The number of benzene rings is 2. The average Bonchev–Trinajstić information content (AvgIpc) is 2.41. The van der Waals surface area contributed by atoms with E-state index in [0.29, 0.717) is 16.8 Å². The monoisotopic (exact) mass is 285 g/mol. The minimum absolute atomic E-state index is 0.143. The summed E-state index contributed by atoms with van der Waals surface area (Å²) in [5.41, 5.74) is 8.15. The van der Waals surface area contributed by atoms with Crippen LogP contribution in [0.5, 0.6) is 0 Å². The maximum Gasteiger partial charge on any atom is 0.292 e. The molecule has 0 radical (unpaired) electrons. The minimum Gasteiger partial charge on any atom is -0.398 e. The molecule has 0 aromatic heterocycles. The number of aryl methyl sites for hydroxylation is 1. The van der Waals surface area contributed by atoms with Gasteiger partial charge in [0.15, 0.2) is 0 Å². The Kier molecular flexibility index (Phi) is 3.89. The number of carbonyl (C=O) groups excluding carboxylic acids is 1. The number of rotatable bonds is 3. The number of nitrogens with one attached hydrogen (secondary N) is 1. The Bertz CT molecular complexity index is 726. The highest BCUT2D eigenvalue weighted by atomic mass is 16.6. The highest BCUT2D eigenvalue weighted by Crippen LogP contribution is 2.26. The number of hydrogen-bond acceptors (Lipinski definition) is 4. The van der Waals surface area contributed by atoms with Gasteiger partial charge in [0, 0.05) is 17.3 Å². The standard InChI is InChI=1S/C15H15N3O3/c1-9-6-7-14(18(20)21)13(8-9)17-15(19)11-4-3-5-12(16)10(11)2/h3-8H,16H2,1-2H3,(H,17,19). The molecular weight excluding hydrogens is 270 g/mol. The van der Waals surface area contributed by atoms with Crippen LogP contribution in [0, 0.1) is 24.0 Å². The smallest absolute Gasteiger partial charge is 0.292 e. The van der Waals surface area contributed by atoms with E-state index in [1.54, 1.807) is 44.2 Å². The second-order valence-corrected chi connectivity index (χ2v) is 4.75. The third kappa shape index (κ3) is 3.00.